The number of hydrogen-bond acceptors (Lipinski definition) is 5. The zero-order chi connectivity index (χ0) is 22.1. The number of nitrogens with zero attached hydrogens (tertiary/aromatic N) is 1. The molecule has 0 aromatic heterocycles. The Morgan fingerprint density at radius 3 is 2.55 bits per heavy atom. The van der Waals surface area contributed by atoms with Crippen molar-refractivity contribution >= 4 is 46.9 Å². The summed E-state index contributed by atoms with van der Waals surface area (Å²) in [5.74, 6) is -2.27. The normalized spacial score (nSPS) is 18.0. The van der Waals surface area contributed by atoms with E-state index in [9.17, 15) is 24.0 Å². The van der Waals surface area contributed by atoms with Crippen LogP contribution in [0.5, 0.6) is 0 Å². The molecule has 1 fully saturated rings. The minimum absolute atomic E-state index is 0.0551. The number of fused-ring (bicyclic) bond motifs is 1. The maximum atomic E-state index is 12.8. The average molecular weight is 441 g/mol. The van der Waals surface area contributed by atoms with Crippen LogP contribution in [-0.4, -0.2) is 40.6 Å². The molecule has 0 spiro atoms. The molecule has 1 unspecified atom stereocenters. The minimum atomic E-state index is -1.02. The van der Waals surface area contributed by atoms with E-state index in [0.29, 0.717) is 16.3 Å². The molecule has 31 heavy (non-hydrogen) atoms. The Kier molecular flexibility index (Phi) is 5.43. The van der Waals surface area contributed by atoms with Gasteiger partial charge in [-0.3, -0.25) is 29.4 Å². The van der Waals surface area contributed by atoms with Gasteiger partial charge < -0.3 is 10.6 Å². The fourth-order valence-electron chi connectivity index (χ4n) is 3.54. The highest BCUT2D eigenvalue weighted by molar-refractivity contribution is 6.33. The van der Waals surface area contributed by atoms with Crippen LogP contribution in [0.2, 0.25) is 5.02 Å². The second kappa shape index (κ2) is 8.19. The van der Waals surface area contributed by atoms with E-state index in [2.05, 4.69) is 16.0 Å². The van der Waals surface area contributed by atoms with Gasteiger partial charge in [0.1, 0.15) is 6.04 Å². The number of piperidine rings is 1. The summed E-state index contributed by atoms with van der Waals surface area (Å²) in [5.41, 5.74) is 1.38. The number of hydrogen-bond donors (Lipinski definition) is 3. The van der Waals surface area contributed by atoms with E-state index in [1.165, 1.54) is 12.1 Å². The maximum absolute atomic E-state index is 12.8. The molecule has 158 valence electrons. The summed E-state index contributed by atoms with van der Waals surface area (Å²) in [6, 6.07) is 9.90. The minimum Gasteiger partial charge on any atom is -0.334 e. The van der Waals surface area contributed by atoms with Crippen LogP contribution >= 0.6 is 11.6 Å². The molecule has 2 heterocycles. The molecule has 2 aromatic rings. The van der Waals surface area contributed by atoms with E-state index in [-0.39, 0.29) is 30.5 Å². The highest BCUT2D eigenvalue weighted by atomic mass is 35.5. The van der Waals surface area contributed by atoms with E-state index >= 15 is 0 Å². The van der Waals surface area contributed by atoms with Crippen molar-refractivity contribution in [1.82, 2.24) is 15.5 Å². The Hall–Kier alpha value is -3.72. The Bertz CT molecular complexity index is 1130. The van der Waals surface area contributed by atoms with Crippen LogP contribution in [0, 0.1) is 0 Å². The predicted molar refractivity (Wildman–Crippen MR) is 110 cm³/mol. The zero-order valence-electron chi connectivity index (χ0n) is 16.1. The summed E-state index contributed by atoms with van der Waals surface area (Å²) in [5, 5.41) is 7.83. The van der Waals surface area contributed by atoms with Gasteiger partial charge in [0.2, 0.25) is 11.8 Å². The Morgan fingerprint density at radius 2 is 1.81 bits per heavy atom. The van der Waals surface area contributed by atoms with Crippen LogP contribution in [0.4, 0.5) is 10.5 Å². The van der Waals surface area contributed by atoms with Crippen LogP contribution in [0.1, 0.15) is 39.1 Å². The molecule has 2 aliphatic rings. The molecule has 4 rings (SSSR count). The van der Waals surface area contributed by atoms with Crippen LogP contribution in [0.15, 0.2) is 42.5 Å². The highest BCUT2D eigenvalue weighted by Crippen LogP contribution is 2.28. The summed E-state index contributed by atoms with van der Waals surface area (Å²) < 4.78 is 0. The van der Waals surface area contributed by atoms with Gasteiger partial charge in [-0.2, -0.15) is 0 Å². The summed E-state index contributed by atoms with van der Waals surface area (Å²) >= 11 is 6.01. The Morgan fingerprint density at radius 1 is 1.06 bits per heavy atom. The number of amides is 6. The van der Waals surface area contributed by atoms with Crippen molar-refractivity contribution < 1.29 is 24.0 Å². The largest absolute Gasteiger partial charge is 0.334 e. The maximum Gasteiger partial charge on any atom is 0.319 e. The van der Waals surface area contributed by atoms with Gasteiger partial charge >= 0.3 is 6.03 Å². The number of urea groups is 1. The number of imide groups is 2. The highest BCUT2D eigenvalue weighted by Gasteiger charge is 2.44. The van der Waals surface area contributed by atoms with Gasteiger partial charge in [-0.1, -0.05) is 29.8 Å². The van der Waals surface area contributed by atoms with Crippen molar-refractivity contribution in [2.45, 2.75) is 25.4 Å². The van der Waals surface area contributed by atoms with Crippen LogP contribution in [0.25, 0.3) is 0 Å². The van der Waals surface area contributed by atoms with E-state index in [1.807, 2.05) is 0 Å². The van der Waals surface area contributed by atoms with Crippen molar-refractivity contribution in [3.63, 3.8) is 0 Å². The molecule has 1 atom stereocenters. The SMILES string of the molecule is O=C1CCC(N2C(=O)c3ccc(CNC(=O)Nc4ccccc4Cl)cc3C2=O)C(=O)N1. The monoisotopic (exact) mass is 440 g/mol. The lowest BCUT2D eigenvalue weighted by atomic mass is 10.0. The third-order valence-electron chi connectivity index (χ3n) is 5.08. The standard InChI is InChI=1S/C21H17ClN4O5/c22-14-3-1-2-4-15(14)24-21(31)23-10-11-5-6-12-13(9-11)20(30)26(19(12)29)16-7-8-17(27)25-18(16)28/h1-6,9,16H,7-8,10H2,(H2,23,24,31)(H,25,27,28). The molecule has 1 saturated heterocycles. The van der Waals surface area contributed by atoms with Crippen molar-refractivity contribution in [1.29, 1.82) is 0 Å². The second-order valence-electron chi connectivity index (χ2n) is 7.11. The van der Waals surface area contributed by atoms with Crippen LogP contribution in [-0.2, 0) is 16.1 Å². The summed E-state index contributed by atoms with van der Waals surface area (Å²) in [6.07, 6.45) is 0.145. The lowest BCUT2D eigenvalue weighted by Crippen LogP contribution is -2.54. The fraction of sp³-hybridized carbons (Fsp3) is 0.190. The predicted octanol–water partition coefficient (Wildman–Crippen LogP) is 2.06. The van der Waals surface area contributed by atoms with Crippen molar-refractivity contribution in [2.24, 2.45) is 0 Å². The van der Waals surface area contributed by atoms with Gasteiger partial charge in [-0.15, -0.1) is 0 Å². The number of benzene rings is 2. The molecule has 0 radical (unpaired) electrons. The molecular weight excluding hydrogens is 424 g/mol. The molecule has 2 aromatic carbocycles. The second-order valence-corrected chi connectivity index (χ2v) is 7.52. The smallest absolute Gasteiger partial charge is 0.319 e. The van der Waals surface area contributed by atoms with Gasteiger partial charge in [0.15, 0.2) is 0 Å². The first kappa shape index (κ1) is 20.5. The average Bonchev–Trinajstić information content (AvgIpc) is 2.98. The van der Waals surface area contributed by atoms with Crippen molar-refractivity contribution in [3.8, 4) is 0 Å². The Labute approximate surface area is 181 Å². The number of anilines is 1. The van der Waals surface area contributed by atoms with Gasteiger partial charge in [0.05, 0.1) is 21.8 Å². The van der Waals surface area contributed by atoms with Crippen LogP contribution < -0.4 is 16.0 Å². The van der Waals surface area contributed by atoms with Crippen molar-refractivity contribution in [3.05, 3.63) is 64.2 Å². The lowest BCUT2D eigenvalue weighted by molar-refractivity contribution is -0.136. The number of para-hydroxylation sites is 1. The zero-order valence-corrected chi connectivity index (χ0v) is 16.9. The van der Waals surface area contributed by atoms with Gasteiger partial charge in [0, 0.05) is 13.0 Å². The number of carbonyl (C=O) groups excluding carboxylic acids is 5. The van der Waals surface area contributed by atoms with E-state index in [0.717, 1.165) is 4.90 Å². The molecule has 0 aliphatic carbocycles. The molecular formula is C21H17ClN4O5. The number of nitrogens with one attached hydrogen (secondary N) is 3. The summed E-state index contributed by atoms with van der Waals surface area (Å²) in [7, 11) is 0. The first-order valence-corrected chi connectivity index (χ1v) is 9.87. The lowest BCUT2D eigenvalue weighted by Gasteiger charge is -2.27. The summed E-state index contributed by atoms with van der Waals surface area (Å²) in [6.45, 7) is 0.101. The first-order chi connectivity index (χ1) is 14.8. The van der Waals surface area contributed by atoms with E-state index in [1.54, 1.807) is 30.3 Å². The summed E-state index contributed by atoms with van der Waals surface area (Å²) in [4.78, 5) is 62.0. The van der Waals surface area contributed by atoms with E-state index in [4.69, 9.17) is 11.6 Å². The Balaban J connectivity index is 1.45. The molecule has 6 amide bonds. The third kappa shape index (κ3) is 3.99. The van der Waals surface area contributed by atoms with Crippen molar-refractivity contribution in [2.75, 3.05) is 5.32 Å². The molecule has 10 heteroatoms. The molecule has 2 aliphatic heterocycles. The topological polar surface area (TPSA) is 125 Å². The van der Waals surface area contributed by atoms with Gasteiger partial charge in [0.25, 0.3) is 11.8 Å². The third-order valence-corrected chi connectivity index (χ3v) is 5.41. The molecule has 0 saturated carbocycles. The van der Waals surface area contributed by atoms with Gasteiger partial charge in [-0.25, -0.2) is 4.79 Å². The molecule has 0 bridgehead atoms. The quantitative estimate of drug-likeness (QED) is 0.627. The van der Waals surface area contributed by atoms with Crippen LogP contribution in [0.3, 0.4) is 0 Å². The molecule has 9 nitrogen and oxygen atoms in total. The first-order valence-electron chi connectivity index (χ1n) is 9.49. The number of carbonyl (C=O) groups is 5. The number of rotatable bonds is 4. The molecule has 3 N–H and O–H groups in total. The fourth-order valence-corrected chi connectivity index (χ4v) is 3.72. The van der Waals surface area contributed by atoms with Gasteiger partial charge in [-0.05, 0) is 36.2 Å². The van der Waals surface area contributed by atoms with E-state index < -0.39 is 35.7 Å². The number of halogens is 1.